The van der Waals surface area contributed by atoms with E-state index in [4.69, 9.17) is 14.6 Å². The maximum Gasteiger partial charge on any atom is 0.303 e. The molecule has 0 aromatic heterocycles. The van der Waals surface area contributed by atoms with E-state index in [1.807, 2.05) is 49.4 Å². The highest BCUT2D eigenvalue weighted by Gasteiger charge is 2.25. The molecule has 0 amide bonds. The third-order valence-electron chi connectivity index (χ3n) is 5.49. The van der Waals surface area contributed by atoms with Crippen LogP contribution in [0.25, 0.3) is 11.1 Å². The van der Waals surface area contributed by atoms with Crippen LogP contribution in [0.1, 0.15) is 42.6 Å². The largest absolute Gasteiger partial charge is 0.493 e. The highest BCUT2D eigenvalue weighted by atomic mass is 16.5. The molecule has 0 saturated carbocycles. The van der Waals surface area contributed by atoms with E-state index in [2.05, 4.69) is 24.3 Å². The number of hydrogen-bond acceptors (Lipinski definition) is 3. The molecule has 0 heterocycles. The lowest BCUT2D eigenvalue weighted by atomic mass is 9.99. The fraction of sp³-hybridized carbons (Fsp3) is 0.269. The summed E-state index contributed by atoms with van der Waals surface area (Å²) < 4.78 is 12.0. The molecule has 3 aromatic carbocycles. The molecule has 0 fully saturated rings. The van der Waals surface area contributed by atoms with Gasteiger partial charge < -0.3 is 14.6 Å². The van der Waals surface area contributed by atoms with Crippen LogP contribution in [0.5, 0.6) is 11.5 Å². The van der Waals surface area contributed by atoms with Crippen molar-refractivity contribution >= 4 is 5.97 Å². The van der Waals surface area contributed by atoms with E-state index in [-0.39, 0.29) is 12.5 Å². The molecule has 4 nitrogen and oxygen atoms in total. The van der Waals surface area contributed by atoms with E-state index < -0.39 is 5.97 Å². The van der Waals surface area contributed by atoms with Gasteiger partial charge in [0.1, 0.15) is 17.6 Å². The molecule has 0 radical (unpaired) electrons. The Morgan fingerprint density at radius 3 is 2.63 bits per heavy atom. The van der Waals surface area contributed by atoms with Crippen LogP contribution in [0.4, 0.5) is 0 Å². The van der Waals surface area contributed by atoms with Gasteiger partial charge in [-0.25, -0.2) is 0 Å². The van der Waals surface area contributed by atoms with Crippen molar-refractivity contribution in [3.63, 3.8) is 0 Å². The summed E-state index contributed by atoms with van der Waals surface area (Å²) in [6.45, 7) is 2.65. The van der Waals surface area contributed by atoms with Crippen LogP contribution in [0.2, 0.25) is 0 Å². The third-order valence-corrected chi connectivity index (χ3v) is 5.49. The van der Waals surface area contributed by atoms with E-state index in [0.29, 0.717) is 13.0 Å². The SMILES string of the molecule is CCOc1ccccc1-c1ccc2c(c1)CCC2Oc1ccc(CCC(=O)O)cc1. The maximum absolute atomic E-state index is 10.7. The Labute approximate surface area is 177 Å². The summed E-state index contributed by atoms with van der Waals surface area (Å²) in [6.07, 6.45) is 2.66. The van der Waals surface area contributed by atoms with E-state index >= 15 is 0 Å². The van der Waals surface area contributed by atoms with Crippen LogP contribution in [-0.2, 0) is 17.6 Å². The molecular weight excluding hydrogens is 376 g/mol. The van der Waals surface area contributed by atoms with Crippen molar-refractivity contribution in [1.29, 1.82) is 0 Å². The lowest BCUT2D eigenvalue weighted by Gasteiger charge is -2.16. The standard InChI is InChI=1S/C26H26O4/c1-2-29-24-6-4-3-5-22(24)19-10-14-23-20(17-19)11-15-25(23)30-21-12-7-18(8-13-21)9-16-26(27)28/h3-8,10,12-14,17,25H,2,9,11,15-16H2,1H3,(H,27,28). The molecule has 1 N–H and O–H groups in total. The summed E-state index contributed by atoms with van der Waals surface area (Å²) >= 11 is 0. The number of para-hydroxylation sites is 1. The van der Waals surface area contributed by atoms with E-state index in [1.165, 1.54) is 16.7 Å². The zero-order valence-electron chi connectivity index (χ0n) is 17.1. The van der Waals surface area contributed by atoms with Crippen molar-refractivity contribution < 1.29 is 19.4 Å². The second-order valence-electron chi connectivity index (χ2n) is 7.53. The van der Waals surface area contributed by atoms with E-state index in [1.54, 1.807) is 0 Å². The van der Waals surface area contributed by atoms with E-state index in [0.717, 1.165) is 35.5 Å². The Hall–Kier alpha value is -3.27. The second kappa shape index (κ2) is 9.04. The normalized spacial score (nSPS) is 14.9. The smallest absolute Gasteiger partial charge is 0.303 e. The van der Waals surface area contributed by atoms with Crippen LogP contribution in [-0.4, -0.2) is 17.7 Å². The number of ether oxygens (including phenoxy) is 2. The summed E-state index contributed by atoms with van der Waals surface area (Å²) in [5.74, 6) is 0.951. The first kappa shape index (κ1) is 20.0. The van der Waals surface area contributed by atoms with Crippen molar-refractivity contribution in [2.45, 2.75) is 38.7 Å². The minimum Gasteiger partial charge on any atom is -0.493 e. The van der Waals surface area contributed by atoms with Crippen LogP contribution in [0.3, 0.4) is 0 Å². The van der Waals surface area contributed by atoms with Gasteiger partial charge in [0.05, 0.1) is 6.61 Å². The zero-order valence-corrected chi connectivity index (χ0v) is 17.1. The molecule has 154 valence electrons. The Morgan fingerprint density at radius 1 is 1.07 bits per heavy atom. The molecule has 0 spiro atoms. The number of fused-ring (bicyclic) bond motifs is 1. The highest BCUT2D eigenvalue weighted by molar-refractivity contribution is 5.71. The molecule has 1 aliphatic rings. The summed E-state index contributed by atoms with van der Waals surface area (Å²) in [5, 5.41) is 8.81. The zero-order chi connectivity index (χ0) is 20.9. The molecule has 0 aliphatic heterocycles. The Morgan fingerprint density at radius 2 is 1.87 bits per heavy atom. The quantitative estimate of drug-likeness (QED) is 0.515. The lowest BCUT2D eigenvalue weighted by Crippen LogP contribution is -2.04. The molecule has 3 aromatic rings. The van der Waals surface area contributed by atoms with Crippen LogP contribution >= 0.6 is 0 Å². The van der Waals surface area contributed by atoms with Crippen molar-refractivity contribution in [1.82, 2.24) is 0 Å². The number of carbonyl (C=O) groups is 1. The first-order valence-electron chi connectivity index (χ1n) is 10.5. The van der Waals surface area contributed by atoms with Gasteiger partial charge in [0.15, 0.2) is 0 Å². The molecule has 0 bridgehead atoms. The summed E-state index contributed by atoms with van der Waals surface area (Å²) in [6, 6.07) is 22.5. The fourth-order valence-electron chi connectivity index (χ4n) is 4.01. The summed E-state index contributed by atoms with van der Waals surface area (Å²) in [5.41, 5.74) is 5.85. The molecular formula is C26H26O4. The van der Waals surface area contributed by atoms with Crippen molar-refractivity contribution in [3.8, 4) is 22.6 Å². The van der Waals surface area contributed by atoms with E-state index in [9.17, 15) is 4.79 Å². The van der Waals surface area contributed by atoms with Crippen LogP contribution in [0, 0.1) is 0 Å². The number of benzene rings is 3. The Kier molecular flexibility index (Phi) is 6.03. The van der Waals surface area contributed by atoms with Gasteiger partial charge in [-0.05, 0) is 66.6 Å². The number of aliphatic carboxylic acids is 1. The minimum atomic E-state index is -0.777. The number of aryl methyl sites for hydroxylation is 2. The van der Waals surface area contributed by atoms with Gasteiger partial charge in [0.25, 0.3) is 0 Å². The van der Waals surface area contributed by atoms with Gasteiger partial charge in [-0.2, -0.15) is 0 Å². The summed E-state index contributed by atoms with van der Waals surface area (Å²) in [7, 11) is 0. The molecule has 4 heteroatoms. The van der Waals surface area contributed by atoms with Crippen molar-refractivity contribution in [3.05, 3.63) is 83.4 Å². The number of hydrogen-bond donors (Lipinski definition) is 1. The minimum absolute atomic E-state index is 0.0426. The second-order valence-corrected chi connectivity index (χ2v) is 7.53. The van der Waals surface area contributed by atoms with Gasteiger partial charge >= 0.3 is 5.97 Å². The van der Waals surface area contributed by atoms with Gasteiger partial charge in [0.2, 0.25) is 0 Å². The first-order chi connectivity index (χ1) is 14.6. The Balaban J connectivity index is 1.48. The molecule has 1 atom stereocenters. The van der Waals surface area contributed by atoms with Gasteiger partial charge in [0, 0.05) is 12.0 Å². The first-order valence-corrected chi connectivity index (χ1v) is 10.5. The van der Waals surface area contributed by atoms with Gasteiger partial charge in [-0.3, -0.25) is 4.79 Å². The van der Waals surface area contributed by atoms with Crippen LogP contribution in [0.15, 0.2) is 66.7 Å². The maximum atomic E-state index is 10.7. The van der Waals surface area contributed by atoms with Gasteiger partial charge in [-0.1, -0.05) is 48.5 Å². The summed E-state index contributed by atoms with van der Waals surface area (Å²) in [4.78, 5) is 10.7. The monoisotopic (exact) mass is 402 g/mol. The van der Waals surface area contributed by atoms with Crippen molar-refractivity contribution in [2.24, 2.45) is 0 Å². The average molecular weight is 402 g/mol. The molecule has 1 unspecified atom stereocenters. The topological polar surface area (TPSA) is 55.8 Å². The predicted molar refractivity (Wildman–Crippen MR) is 117 cm³/mol. The number of carboxylic acid groups (broad SMARTS) is 1. The number of carboxylic acids is 1. The van der Waals surface area contributed by atoms with Gasteiger partial charge in [-0.15, -0.1) is 0 Å². The Bertz CT molecular complexity index is 1020. The van der Waals surface area contributed by atoms with Crippen LogP contribution < -0.4 is 9.47 Å². The molecule has 4 rings (SSSR count). The molecule has 1 aliphatic carbocycles. The highest BCUT2D eigenvalue weighted by Crippen LogP contribution is 2.39. The lowest BCUT2D eigenvalue weighted by molar-refractivity contribution is -0.136. The fourth-order valence-corrected chi connectivity index (χ4v) is 4.01. The predicted octanol–water partition coefficient (Wildman–Crippen LogP) is 5.84. The molecule has 30 heavy (non-hydrogen) atoms. The molecule has 0 saturated heterocycles. The third kappa shape index (κ3) is 4.48. The number of rotatable bonds is 8. The average Bonchev–Trinajstić information content (AvgIpc) is 3.16. The van der Waals surface area contributed by atoms with Crippen molar-refractivity contribution in [2.75, 3.05) is 6.61 Å².